The van der Waals surface area contributed by atoms with Gasteiger partial charge >= 0.3 is 0 Å². The molecule has 0 bridgehead atoms. The number of hydrogen-bond acceptors (Lipinski definition) is 4. The van der Waals surface area contributed by atoms with Gasteiger partial charge in [-0.15, -0.1) is 0 Å². The quantitative estimate of drug-likeness (QED) is 0.632. The number of guanidine groups is 1. The van der Waals surface area contributed by atoms with Gasteiger partial charge in [-0.05, 0) is 38.8 Å². The molecule has 0 atom stereocenters. The van der Waals surface area contributed by atoms with Crippen molar-refractivity contribution in [2.24, 2.45) is 4.99 Å². The van der Waals surface area contributed by atoms with Crippen molar-refractivity contribution in [3.05, 3.63) is 46.6 Å². The van der Waals surface area contributed by atoms with E-state index in [1.54, 1.807) is 0 Å². The molecule has 0 aliphatic carbocycles. The summed E-state index contributed by atoms with van der Waals surface area (Å²) in [5, 5.41) is 10.3. The maximum absolute atomic E-state index is 5.10. The van der Waals surface area contributed by atoms with Gasteiger partial charge in [-0.3, -0.25) is 0 Å². The van der Waals surface area contributed by atoms with Crippen molar-refractivity contribution in [1.29, 1.82) is 0 Å². The van der Waals surface area contributed by atoms with Gasteiger partial charge < -0.3 is 15.2 Å². The lowest BCUT2D eigenvalue weighted by Crippen LogP contribution is -2.38. The molecule has 6 nitrogen and oxygen atoms in total. The zero-order valence-electron chi connectivity index (χ0n) is 14.3. The fourth-order valence-electron chi connectivity index (χ4n) is 2.26. The maximum Gasteiger partial charge on any atom is 0.228 e. The fourth-order valence-corrected chi connectivity index (χ4v) is 2.26. The van der Waals surface area contributed by atoms with Crippen LogP contribution < -0.4 is 10.6 Å². The van der Waals surface area contributed by atoms with Crippen LogP contribution >= 0.6 is 0 Å². The van der Waals surface area contributed by atoms with Gasteiger partial charge in [0.1, 0.15) is 0 Å². The summed E-state index contributed by atoms with van der Waals surface area (Å²) >= 11 is 0. The number of hydrogen-bond donors (Lipinski definition) is 2. The highest BCUT2D eigenvalue weighted by Gasteiger charge is 2.04. The number of aryl methyl sites for hydroxylation is 3. The van der Waals surface area contributed by atoms with Gasteiger partial charge in [0.2, 0.25) is 5.89 Å². The highest BCUT2D eigenvalue weighted by molar-refractivity contribution is 5.79. The van der Waals surface area contributed by atoms with E-state index in [4.69, 9.17) is 4.52 Å². The summed E-state index contributed by atoms with van der Waals surface area (Å²) in [5.74, 6) is 2.10. The van der Waals surface area contributed by atoms with Gasteiger partial charge in [-0.25, -0.2) is 4.99 Å². The van der Waals surface area contributed by atoms with E-state index in [0.29, 0.717) is 31.2 Å². The molecule has 0 radical (unpaired) electrons. The second-order valence-electron chi connectivity index (χ2n) is 5.54. The third-order valence-electron chi connectivity index (χ3n) is 3.45. The Bertz CT molecular complexity index is 663. The third kappa shape index (κ3) is 5.39. The molecule has 124 valence electrons. The molecule has 0 aliphatic rings. The smallest absolute Gasteiger partial charge is 0.228 e. The Labute approximate surface area is 137 Å². The third-order valence-corrected chi connectivity index (χ3v) is 3.45. The lowest BCUT2D eigenvalue weighted by Gasteiger charge is -2.11. The van der Waals surface area contributed by atoms with Gasteiger partial charge in [0.05, 0.1) is 6.54 Å². The minimum Gasteiger partial charge on any atom is -0.357 e. The van der Waals surface area contributed by atoms with E-state index in [9.17, 15) is 0 Å². The molecule has 0 amide bonds. The van der Waals surface area contributed by atoms with Gasteiger partial charge in [0.25, 0.3) is 0 Å². The van der Waals surface area contributed by atoms with E-state index in [0.717, 1.165) is 12.5 Å². The Balaban J connectivity index is 1.91. The average Bonchev–Trinajstić information content (AvgIpc) is 2.91. The van der Waals surface area contributed by atoms with Crippen molar-refractivity contribution in [1.82, 2.24) is 20.8 Å². The first-order chi connectivity index (χ1) is 11.1. The Hall–Kier alpha value is -2.37. The highest BCUT2D eigenvalue weighted by Crippen LogP contribution is 2.11. The van der Waals surface area contributed by atoms with Crippen molar-refractivity contribution in [2.75, 3.05) is 13.1 Å². The van der Waals surface area contributed by atoms with Crippen molar-refractivity contribution in [3.63, 3.8) is 0 Å². The molecule has 2 N–H and O–H groups in total. The molecule has 0 spiro atoms. The first-order valence-corrected chi connectivity index (χ1v) is 7.96. The summed E-state index contributed by atoms with van der Waals surface area (Å²) < 4.78 is 5.10. The lowest BCUT2D eigenvalue weighted by molar-refractivity contribution is 0.374. The summed E-state index contributed by atoms with van der Waals surface area (Å²) in [6.07, 6.45) is 0.675. The molecule has 1 heterocycles. The number of aromatic nitrogens is 2. The van der Waals surface area contributed by atoms with E-state index >= 15 is 0 Å². The second kappa shape index (κ2) is 8.31. The van der Waals surface area contributed by atoms with Crippen LogP contribution in [-0.4, -0.2) is 29.2 Å². The lowest BCUT2D eigenvalue weighted by atomic mass is 10.1. The average molecular weight is 315 g/mol. The molecule has 6 heteroatoms. The molecular formula is C17H25N5O. The number of rotatable bonds is 6. The van der Waals surface area contributed by atoms with Crippen molar-refractivity contribution in [3.8, 4) is 0 Å². The van der Waals surface area contributed by atoms with Gasteiger partial charge in [0, 0.05) is 19.5 Å². The molecule has 0 saturated heterocycles. The predicted octanol–water partition coefficient (Wildman–Crippen LogP) is 2.29. The number of benzene rings is 1. The van der Waals surface area contributed by atoms with Crippen molar-refractivity contribution < 1.29 is 4.52 Å². The van der Waals surface area contributed by atoms with Crippen LogP contribution in [0.25, 0.3) is 0 Å². The molecule has 2 aromatic rings. The normalized spacial score (nSPS) is 11.6. The maximum atomic E-state index is 5.10. The summed E-state index contributed by atoms with van der Waals surface area (Å²) in [5.41, 5.74) is 3.78. The Morgan fingerprint density at radius 1 is 1.22 bits per heavy atom. The Morgan fingerprint density at radius 3 is 2.70 bits per heavy atom. The van der Waals surface area contributed by atoms with Crippen LogP contribution in [0.4, 0.5) is 0 Å². The molecule has 2 rings (SSSR count). The molecule has 23 heavy (non-hydrogen) atoms. The van der Waals surface area contributed by atoms with Gasteiger partial charge in [0.15, 0.2) is 11.8 Å². The first kappa shape index (κ1) is 17.0. The minimum atomic E-state index is 0.639. The van der Waals surface area contributed by atoms with Crippen LogP contribution in [0.15, 0.2) is 27.7 Å². The van der Waals surface area contributed by atoms with E-state index in [1.165, 1.54) is 16.7 Å². The number of nitrogens with zero attached hydrogens (tertiary/aromatic N) is 3. The van der Waals surface area contributed by atoms with Crippen molar-refractivity contribution in [2.45, 2.75) is 40.7 Å². The van der Waals surface area contributed by atoms with Crippen molar-refractivity contribution >= 4 is 5.96 Å². The van der Waals surface area contributed by atoms with E-state index in [-0.39, 0.29) is 0 Å². The largest absolute Gasteiger partial charge is 0.357 e. The summed E-state index contributed by atoms with van der Waals surface area (Å²) in [4.78, 5) is 8.83. The number of nitrogens with one attached hydrogen (secondary N) is 2. The standard InChI is InChI=1S/C17H25N5O/c1-5-18-17(19-9-8-16-21-14(4)22-23-16)20-11-15-7-6-12(2)10-13(15)3/h6-7,10H,5,8-9,11H2,1-4H3,(H2,18,19,20). The summed E-state index contributed by atoms with van der Waals surface area (Å²) in [6, 6.07) is 6.44. The van der Waals surface area contributed by atoms with Crippen LogP contribution in [0.3, 0.4) is 0 Å². The zero-order valence-corrected chi connectivity index (χ0v) is 14.3. The molecule has 0 unspecified atom stereocenters. The monoisotopic (exact) mass is 315 g/mol. The van der Waals surface area contributed by atoms with Crippen LogP contribution in [-0.2, 0) is 13.0 Å². The van der Waals surface area contributed by atoms with Gasteiger partial charge in [-0.2, -0.15) is 4.98 Å². The molecule has 0 saturated carbocycles. The van der Waals surface area contributed by atoms with E-state index in [1.807, 2.05) is 6.92 Å². The number of aliphatic imine (C=N–C) groups is 1. The van der Waals surface area contributed by atoms with Crippen LogP contribution in [0.5, 0.6) is 0 Å². The summed E-state index contributed by atoms with van der Waals surface area (Å²) in [7, 11) is 0. The Morgan fingerprint density at radius 2 is 2.04 bits per heavy atom. The predicted molar refractivity (Wildman–Crippen MR) is 91.5 cm³/mol. The first-order valence-electron chi connectivity index (χ1n) is 7.96. The second-order valence-corrected chi connectivity index (χ2v) is 5.54. The summed E-state index contributed by atoms with van der Waals surface area (Å²) in [6.45, 7) is 10.3. The zero-order chi connectivity index (χ0) is 16.7. The van der Waals surface area contributed by atoms with Crippen LogP contribution in [0.1, 0.15) is 35.3 Å². The van der Waals surface area contributed by atoms with Gasteiger partial charge in [-0.1, -0.05) is 28.9 Å². The minimum absolute atomic E-state index is 0.639. The van der Waals surface area contributed by atoms with Crippen LogP contribution in [0, 0.1) is 20.8 Å². The SMILES string of the molecule is CCNC(=NCc1ccc(C)cc1C)NCCc1nc(C)no1. The van der Waals surface area contributed by atoms with Crippen LogP contribution in [0.2, 0.25) is 0 Å². The molecule has 0 fully saturated rings. The fraction of sp³-hybridized carbons (Fsp3) is 0.471. The molecule has 1 aromatic carbocycles. The topological polar surface area (TPSA) is 75.3 Å². The highest BCUT2D eigenvalue weighted by atomic mass is 16.5. The Kier molecular flexibility index (Phi) is 6.14. The van der Waals surface area contributed by atoms with E-state index in [2.05, 4.69) is 64.7 Å². The molecule has 0 aliphatic heterocycles. The van der Waals surface area contributed by atoms with E-state index < -0.39 is 0 Å². The molecular weight excluding hydrogens is 290 g/mol. The molecule has 1 aromatic heterocycles.